The number of allylic oxidation sites excluding steroid dienone is 1. The van der Waals surface area contributed by atoms with E-state index in [0.29, 0.717) is 10.5 Å². The number of pyridine rings is 1. The number of carbonyl (C=O) groups is 2. The standard InChI is InChI=1S/C13H10N2O3S/c1-7-10(13(17)18)15-11(16)9(12(15)19-7)5-8-3-2-4-14-6-8/h2-6,12H,1H3,(H,17,18)/b9-5-/t12-/m1/s1. The Labute approximate surface area is 113 Å². The van der Waals surface area contributed by atoms with Gasteiger partial charge in [-0.1, -0.05) is 17.8 Å². The number of β-lactam (4-membered cyclic amide) rings is 1. The Kier molecular flexibility index (Phi) is 2.67. The molecule has 5 nitrogen and oxygen atoms in total. The van der Waals surface area contributed by atoms with Crippen molar-refractivity contribution in [3.05, 3.63) is 46.3 Å². The first kappa shape index (κ1) is 12.0. The van der Waals surface area contributed by atoms with E-state index in [1.54, 1.807) is 31.5 Å². The number of nitrogens with zero attached hydrogens (tertiary/aromatic N) is 2. The fourth-order valence-electron chi connectivity index (χ4n) is 2.18. The highest BCUT2D eigenvalue weighted by atomic mass is 32.2. The number of aromatic nitrogens is 1. The number of carbonyl (C=O) groups excluding carboxylic acids is 1. The Hall–Kier alpha value is -2.08. The Morgan fingerprint density at radius 1 is 1.58 bits per heavy atom. The van der Waals surface area contributed by atoms with E-state index in [1.165, 1.54) is 16.7 Å². The molecule has 3 rings (SSSR count). The molecule has 6 heteroatoms. The molecule has 1 aromatic rings. The van der Waals surface area contributed by atoms with Crippen molar-refractivity contribution in [2.75, 3.05) is 0 Å². The predicted octanol–water partition coefficient (Wildman–Crippen LogP) is 1.70. The number of fused-ring (bicyclic) bond motifs is 1. The Balaban J connectivity index is 1.91. The van der Waals surface area contributed by atoms with Crippen LogP contribution in [0.5, 0.6) is 0 Å². The summed E-state index contributed by atoms with van der Waals surface area (Å²) < 4.78 is 0. The van der Waals surface area contributed by atoms with Gasteiger partial charge in [0.05, 0.1) is 5.57 Å². The molecule has 1 saturated heterocycles. The first-order chi connectivity index (χ1) is 9.09. The number of hydrogen-bond acceptors (Lipinski definition) is 4. The van der Waals surface area contributed by atoms with E-state index >= 15 is 0 Å². The second-order valence-electron chi connectivity index (χ2n) is 4.24. The lowest BCUT2D eigenvalue weighted by Crippen LogP contribution is -2.51. The van der Waals surface area contributed by atoms with E-state index in [1.807, 2.05) is 6.07 Å². The summed E-state index contributed by atoms with van der Waals surface area (Å²) >= 11 is 1.40. The molecule has 0 unspecified atom stereocenters. The molecular weight excluding hydrogens is 264 g/mol. The maximum atomic E-state index is 12.0. The zero-order valence-corrected chi connectivity index (χ0v) is 10.8. The smallest absolute Gasteiger partial charge is 0.353 e. The minimum absolute atomic E-state index is 0.100. The number of carboxylic acids is 1. The van der Waals surface area contributed by atoms with Crippen molar-refractivity contribution in [1.29, 1.82) is 0 Å². The second kappa shape index (κ2) is 4.24. The molecule has 0 aliphatic carbocycles. The highest BCUT2D eigenvalue weighted by Crippen LogP contribution is 2.49. The quantitative estimate of drug-likeness (QED) is 0.656. The van der Waals surface area contributed by atoms with E-state index in [9.17, 15) is 9.59 Å². The van der Waals surface area contributed by atoms with Gasteiger partial charge < -0.3 is 5.11 Å². The first-order valence-electron chi connectivity index (χ1n) is 5.65. The fourth-order valence-corrected chi connectivity index (χ4v) is 3.41. The summed E-state index contributed by atoms with van der Waals surface area (Å²) in [7, 11) is 0. The van der Waals surface area contributed by atoms with Gasteiger partial charge in [-0.25, -0.2) is 4.79 Å². The third-order valence-corrected chi connectivity index (χ3v) is 4.27. The molecule has 2 aliphatic heterocycles. The van der Waals surface area contributed by atoms with Crippen LogP contribution in [0.4, 0.5) is 0 Å². The van der Waals surface area contributed by atoms with Gasteiger partial charge >= 0.3 is 5.97 Å². The molecule has 19 heavy (non-hydrogen) atoms. The summed E-state index contributed by atoms with van der Waals surface area (Å²) in [4.78, 5) is 29.1. The number of aliphatic carboxylic acids is 1. The fraction of sp³-hybridized carbons (Fsp3) is 0.154. The van der Waals surface area contributed by atoms with Crippen molar-refractivity contribution in [2.45, 2.75) is 12.3 Å². The number of thioether (sulfide) groups is 1. The van der Waals surface area contributed by atoms with E-state index in [-0.39, 0.29) is 17.0 Å². The maximum absolute atomic E-state index is 12.0. The first-order valence-corrected chi connectivity index (χ1v) is 6.53. The van der Waals surface area contributed by atoms with Crippen LogP contribution in [0.25, 0.3) is 6.08 Å². The third kappa shape index (κ3) is 1.76. The molecule has 0 spiro atoms. The molecular formula is C13H10N2O3S. The normalized spacial score (nSPS) is 23.6. The summed E-state index contributed by atoms with van der Waals surface area (Å²) in [6, 6.07) is 3.65. The summed E-state index contributed by atoms with van der Waals surface area (Å²) in [6.45, 7) is 1.72. The van der Waals surface area contributed by atoms with E-state index in [4.69, 9.17) is 5.11 Å². The van der Waals surface area contributed by atoms with Gasteiger partial charge in [-0.15, -0.1) is 0 Å². The van der Waals surface area contributed by atoms with Gasteiger partial charge in [-0.05, 0) is 24.6 Å². The van der Waals surface area contributed by atoms with Crippen molar-refractivity contribution in [3.63, 3.8) is 0 Å². The van der Waals surface area contributed by atoms with Crippen LogP contribution in [0, 0.1) is 0 Å². The number of hydrogen-bond donors (Lipinski definition) is 1. The molecule has 0 saturated carbocycles. The van der Waals surface area contributed by atoms with Crippen LogP contribution in [-0.2, 0) is 9.59 Å². The maximum Gasteiger partial charge on any atom is 0.353 e. The molecule has 1 amide bonds. The summed E-state index contributed by atoms with van der Waals surface area (Å²) in [6.07, 6.45) is 5.10. The van der Waals surface area contributed by atoms with Crippen molar-refractivity contribution in [1.82, 2.24) is 9.88 Å². The monoisotopic (exact) mass is 274 g/mol. The Morgan fingerprint density at radius 3 is 3.00 bits per heavy atom. The highest BCUT2D eigenvalue weighted by molar-refractivity contribution is 8.04. The SMILES string of the molecule is CC1=C(C(=O)O)N2C(=O)/C(=C/c3cccnc3)[C@H]2S1. The van der Waals surface area contributed by atoms with Gasteiger partial charge in [0.25, 0.3) is 5.91 Å². The van der Waals surface area contributed by atoms with Crippen LogP contribution in [0.2, 0.25) is 0 Å². The Morgan fingerprint density at radius 2 is 2.37 bits per heavy atom. The lowest BCUT2D eigenvalue weighted by atomic mass is 10.0. The molecule has 1 aromatic heterocycles. The van der Waals surface area contributed by atoms with E-state index in [0.717, 1.165) is 5.56 Å². The molecule has 0 radical (unpaired) electrons. The Bertz CT molecular complexity index is 637. The van der Waals surface area contributed by atoms with Crippen LogP contribution in [0.1, 0.15) is 12.5 Å². The van der Waals surface area contributed by atoms with Crippen LogP contribution in [-0.4, -0.2) is 32.2 Å². The number of carboxylic acid groups (broad SMARTS) is 1. The van der Waals surface area contributed by atoms with Crippen molar-refractivity contribution in [3.8, 4) is 0 Å². The zero-order valence-electron chi connectivity index (χ0n) is 10.0. The summed E-state index contributed by atoms with van der Waals surface area (Å²) in [5.41, 5.74) is 1.56. The molecule has 0 aromatic carbocycles. The second-order valence-corrected chi connectivity index (χ2v) is 5.54. The molecule has 1 fully saturated rings. The largest absolute Gasteiger partial charge is 0.477 e. The molecule has 2 aliphatic rings. The molecule has 0 bridgehead atoms. The number of rotatable bonds is 2. The predicted molar refractivity (Wildman–Crippen MR) is 70.8 cm³/mol. The van der Waals surface area contributed by atoms with Crippen LogP contribution < -0.4 is 0 Å². The van der Waals surface area contributed by atoms with Gasteiger partial charge in [0, 0.05) is 17.3 Å². The average molecular weight is 274 g/mol. The van der Waals surface area contributed by atoms with E-state index in [2.05, 4.69) is 4.98 Å². The van der Waals surface area contributed by atoms with Crippen molar-refractivity contribution < 1.29 is 14.7 Å². The minimum atomic E-state index is -1.05. The zero-order chi connectivity index (χ0) is 13.6. The van der Waals surface area contributed by atoms with Crippen molar-refractivity contribution >= 4 is 29.7 Å². The third-order valence-electron chi connectivity index (χ3n) is 3.04. The topological polar surface area (TPSA) is 70.5 Å². The lowest BCUT2D eigenvalue weighted by molar-refractivity contribution is -0.141. The van der Waals surface area contributed by atoms with Crippen molar-refractivity contribution in [2.24, 2.45) is 0 Å². The summed E-state index contributed by atoms with van der Waals surface area (Å²) in [5.74, 6) is -1.29. The van der Waals surface area contributed by atoms with Gasteiger partial charge in [0.1, 0.15) is 11.1 Å². The lowest BCUT2D eigenvalue weighted by Gasteiger charge is -2.37. The minimum Gasteiger partial charge on any atom is -0.477 e. The van der Waals surface area contributed by atoms with Gasteiger partial charge in [0.2, 0.25) is 0 Å². The molecule has 1 atom stereocenters. The van der Waals surface area contributed by atoms with Crippen LogP contribution in [0.15, 0.2) is 40.7 Å². The average Bonchev–Trinajstić information content (AvgIpc) is 2.71. The summed E-state index contributed by atoms with van der Waals surface area (Å²) in [5, 5.41) is 8.90. The van der Waals surface area contributed by atoms with Crippen LogP contribution in [0.3, 0.4) is 0 Å². The van der Waals surface area contributed by atoms with Gasteiger partial charge in [-0.2, -0.15) is 0 Å². The highest BCUT2D eigenvalue weighted by Gasteiger charge is 2.51. The molecule has 1 N–H and O–H groups in total. The molecule has 96 valence electrons. The van der Waals surface area contributed by atoms with Crippen LogP contribution >= 0.6 is 11.8 Å². The molecule has 3 heterocycles. The van der Waals surface area contributed by atoms with E-state index < -0.39 is 5.97 Å². The van der Waals surface area contributed by atoms with Gasteiger partial charge in [-0.3, -0.25) is 14.7 Å². The number of amides is 1. The van der Waals surface area contributed by atoms with Gasteiger partial charge in [0.15, 0.2) is 0 Å².